The first-order chi connectivity index (χ1) is 17.3. The Balaban J connectivity index is 1.31. The zero-order chi connectivity index (χ0) is 25.8. The molecule has 36 heavy (non-hydrogen) atoms. The van der Waals surface area contributed by atoms with Gasteiger partial charge in [-0.25, -0.2) is 9.50 Å². The molecule has 0 radical (unpaired) electrons. The number of ether oxygens (including phenoxy) is 1. The molecule has 0 aliphatic carbocycles. The largest absolute Gasteiger partial charge is 0.466 e. The fourth-order valence-electron chi connectivity index (χ4n) is 3.91. The van der Waals surface area contributed by atoms with Gasteiger partial charge in [-0.2, -0.15) is 5.10 Å². The summed E-state index contributed by atoms with van der Waals surface area (Å²) in [5.74, 6) is -2.03. The molecule has 2 N–H and O–H groups in total. The van der Waals surface area contributed by atoms with Gasteiger partial charge in [0.1, 0.15) is 12.1 Å². The molecule has 1 aliphatic heterocycles. The molecule has 0 saturated carbocycles. The van der Waals surface area contributed by atoms with Crippen molar-refractivity contribution < 1.29 is 23.9 Å². The number of aryl methyl sites for hydroxylation is 2. The van der Waals surface area contributed by atoms with Gasteiger partial charge in [0.05, 0.1) is 23.0 Å². The molecule has 1 aliphatic rings. The summed E-state index contributed by atoms with van der Waals surface area (Å²) >= 11 is 1.35. The molecule has 190 valence electrons. The van der Waals surface area contributed by atoms with Crippen LogP contribution in [-0.2, 0) is 14.3 Å². The summed E-state index contributed by atoms with van der Waals surface area (Å²) in [6, 6.07) is 1.81. The van der Waals surface area contributed by atoms with E-state index in [2.05, 4.69) is 35.9 Å². The van der Waals surface area contributed by atoms with Gasteiger partial charge in [-0.15, -0.1) is 21.5 Å². The molecule has 3 aromatic heterocycles. The summed E-state index contributed by atoms with van der Waals surface area (Å²) in [5, 5.41) is 15.0. The number of likely N-dealkylation sites (tertiary alicyclic amines) is 1. The second kappa shape index (κ2) is 10.8. The van der Waals surface area contributed by atoms with Crippen LogP contribution in [0.4, 0.5) is 0 Å². The molecule has 14 heteroatoms. The van der Waals surface area contributed by atoms with Gasteiger partial charge in [-0.3, -0.25) is 30.0 Å². The molecular weight excluding hydrogens is 488 g/mol. The molecule has 0 atom stereocenters. The van der Waals surface area contributed by atoms with Crippen LogP contribution in [-0.4, -0.2) is 73.1 Å². The lowest BCUT2D eigenvalue weighted by Crippen LogP contribution is -2.42. The molecule has 4 heterocycles. The van der Waals surface area contributed by atoms with Gasteiger partial charge < -0.3 is 9.64 Å². The monoisotopic (exact) mass is 514 g/mol. The van der Waals surface area contributed by atoms with Crippen LogP contribution in [0.2, 0.25) is 0 Å². The van der Waals surface area contributed by atoms with E-state index < -0.39 is 24.2 Å². The van der Waals surface area contributed by atoms with Crippen molar-refractivity contribution in [3.63, 3.8) is 0 Å². The maximum absolute atomic E-state index is 13.1. The first-order valence-corrected chi connectivity index (χ1v) is 12.3. The molecule has 3 aromatic rings. The van der Waals surface area contributed by atoms with Crippen molar-refractivity contribution >= 4 is 40.7 Å². The van der Waals surface area contributed by atoms with Gasteiger partial charge >= 0.3 is 5.97 Å². The Hall–Kier alpha value is -3.94. The predicted molar refractivity (Wildman–Crippen MR) is 127 cm³/mol. The van der Waals surface area contributed by atoms with Gasteiger partial charge in [0.2, 0.25) is 5.91 Å². The molecule has 0 spiro atoms. The summed E-state index contributed by atoms with van der Waals surface area (Å²) in [6.45, 7) is 6.50. The smallest absolute Gasteiger partial charge is 0.315 e. The summed E-state index contributed by atoms with van der Waals surface area (Å²) in [7, 11) is 0. The van der Waals surface area contributed by atoms with Crippen LogP contribution in [0.1, 0.15) is 69.5 Å². The number of fused-ring (bicyclic) bond motifs is 1. The Morgan fingerprint density at radius 2 is 1.89 bits per heavy atom. The van der Waals surface area contributed by atoms with E-state index in [-0.39, 0.29) is 29.8 Å². The SMILES string of the molecule is CCOC(=O)CC(=O)NNC(=O)c1csc(C2CCN(C(=O)c3nnc4cc(C)nn4c3C)CC2)n1. The van der Waals surface area contributed by atoms with Gasteiger partial charge in [0.15, 0.2) is 11.3 Å². The number of aromatic nitrogens is 5. The van der Waals surface area contributed by atoms with Crippen molar-refractivity contribution in [2.75, 3.05) is 19.7 Å². The Morgan fingerprint density at radius 1 is 1.14 bits per heavy atom. The fourth-order valence-corrected chi connectivity index (χ4v) is 4.88. The average molecular weight is 515 g/mol. The average Bonchev–Trinajstić information content (AvgIpc) is 3.50. The van der Waals surface area contributed by atoms with E-state index in [4.69, 9.17) is 0 Å². The van der Waals surface area contributed by atoms with E-state index in [1.165, 1.54) is 11.3 Å². The van der Waals surface area contributed by atoms with E-state index in [1.54, 1.807) is 34.7 Å². The van der Waals surface area contributed by atoms with E-state index in [9.17, 15) is 19.2 Å². The third-order valence-corrected chi connectivity index (χ3v) is 6.75. The third kappa shape index (κ3) is 5.48. The number of nitrogens with zero attached hydrogens (tertiary/aromatic N) is 6. The summed E-state index contributed by atoms with van der Waals surface area (Å²) in [6.07, 6.45) is 0.882. The quantitative estimate of drug-likeness (QED) is 0.277. The third-order valence-electron chi connectivity index (χ3n) is 5.74. The number of piperidine rings is 1. The van der Waals surface area contributed by atoms with Crippen LogP contribution < -0.4 is 10.9 Å². The molecule has 3 amide bonds. The minimum atomic E-state index is -0.684. The van der Waals surface area contributed by atoms with Crippen LogP contribution in [0.5, 0.6) is 0 Å². The van der Waals surface area contributed by atoms with Crippen molar-refractivity contribution in [3.8, 4) is 0 Å². The lowest BCUT2D eigenvalue weighted by molar-refractivity contribution is -0.146. The van der Waals surface area contributed by atoms with E-state index in [0.29, 0.717) is 37.3 Å². The van der Waals surface area contributed by atoms with E-state index in [1.807, 2.05) is 6.92 Å². The Labute approximate surface area is 210 Å². The zero-order valence-corrected chi connectivity index (χ0v) is 20.9. The molecule has 1 fully saturated rings. The van der Waals surface area contributed by atoms with Crippen LogP contribution in [0.3, 0.4) is 0 Å². The number of amides is 3. The maximum atomic E-state index is 13.1. The Bertz CT molecular complexity index is 1310. The number of esters is 1. The van der Waals surface area contributed by atoms with Crippen molar-refractivity contribution in [2.24, 2.45) is 0 Å². The first-order valence-electron chi connectivity index (χ1n) is 11.5. The predicted octanol–water partition coefficient (Wildman–Crippen LogP) is 0.932. The number of nitrogens with one attached hydrogen (secondary N) is 2. The molecular formula is C22H26N8O5S. The van der Waals surface area contributed by atoms with Gasteiger partial charge in [0, 0.05) is 30.5 Å². The van der Waals surface area contributed by atoms with Crippen LogP contribution in [0.15, 0.2) is 11.4 Å². The normalized spacial score (nSPS) is 14.0. The molecule has 1 saturated heterocycles. The highest BCUT2D eigenvalue weighted by Gasteiger charge is 2.29. The molecule has 13 nitrogen and oxygen atoms in total. The first kappa shape index (κ1) is 25.2. The molecule has 0 bridgehead atoms. The van der Waals surface area contributed by atoms with Crippen molar-refractivity contribution in [1.29, 1.82) is 0 Å². The van der Waals surface area contributed by atoms with Crippen LogP contribution >= 0.6 is 11.3 Å². The van der Waals surface area contributed by atoms with Gasteiger partial charge in [-0.1, -0.05) is 0 Å². The number of rotatable bonds is 6. The number of hydrogen-bond acceptors (Lipinski definition) is 10. The summed E-state index contributed by atoms with van der Waals surface area (Å²) < 4.78 is 6.32. The minimum Gasteiger partial charge on any atom is -0.466 e. The number of hydrogen-bond donors (Lipinski definition) is 2. The van der Waals surface area contributed by atoms with Crippen molar-refractivity contribution in [1.82, 2.24) is 40.5 Å². The highest BCUT2D eigenvalue weighted by Crippen LogP contribution is 2.31. The summed E-state index contributed by atoms with van der Waals surface area (Å²) in [5.41, 5.74) is 6.91. The Kier molecular flexibility index (Phi) is 7.52. The minimum absolute atomic E-state index is 0.0995. The molecule has 4 rings (SSSR count). The maximum Gasteiger partial charge on any atom is 0.315 e. The number of thiazole rings is 1. The number of carbonyl (C=O) groups is 4. The topological polar surface area (TPSA) is 161 Å². The van der Waals surface area contributed by atoms with E-state index in [0.717, 1.165) is 10.7 Å². The number of carbonyl (C=O) groups excluding carboxylic acids is 4. The van der Waals surface area contributed by atoms with Crippen molar-refractivity contribution in [2.45, 2.75) is 46.0 Å². The Morgan fingerprint density at radius 3 is 2.61 bits per heavy atom. The van der Waals surface area contributed by atoms with E-state index >= 15 is 0 Å². The zero-order valence-electron chi connectivity index (χ0n) is 20.1. The van der Waals surface area contributed by atoms with Crippen molar-refractivity contribution in [3.05, 3.63) is 39.2 Å². The standard InChI is InChI=1S/C22H26N8O5S/c1-4-35-18(32)10-17(31)25-27-20(33)15-11-36-21(23-15)14-5-7-29(8-6-14)22(34)19-13(3)30-16(24-26-19)9-12(2)28-30/h9,11,14H,4-8,10H2,1-3H3,(H,25,31)(H,27,33). The van der Waals surface area contributed by atoms with Crippen LogP contribution in [0, 0.1) is 13.8 Å². The van der Waals surface area contributed by atoms with Gasteiger partial charge in [0.25, 0.3) is 11.8 Å². The summed E-state index contributed by atoms with van der Waals surface area (Å²) in [4.78, 5) is 54.6. The second-order valence-electron chi connectivity index (χ2n) is 8.31. The number of hydrazine groups is 1. The molecule has 0 aromatic carbocycles. The fraction of sp³-hybridized carbons (Fsp3) is 0.455. The molecule has 0 unspecified atom stereocenters. The lowest BCUT2D eigenvalue weighted by atomic mass is 9.97. The second-order valence-corrected chi connectivity index (χ2v) is 9.20. The van der Waals surface area contributed by atoms with Crippen LogP contribution in [0.25, 0.3) is 5.65 Å². The lowest BCUT2D eigenvalue weighted by Gasteiger charge is -2.31. The highest BCUT2D eigenvalue weighted by atomic mass is 32.1. The van der Waals surface area contributed by atoms with Gasteiger partial charge in [-0.05, 0) is 33.6 Å². The highest BCUT2D eigenvalue weighted by molar-refractivity contribution is 7.09.